The van der Waals surface area contributed by atoms with Gasteiger partial charge in [-0.05, 0) is 35.9 Å². The van der Waals surface area contributed by atoms with E-state index in [4.69, 9.17) is 33.0 Å². The third kappa shape index (κ3) is 4.46. The Morgan fingerprint density at radius 2 is 1.72 bits per heavy atom. The zero-order valence-corrected chi connectivity index (χ0v) is 16.9. The van der Waals surface area contributed by atoms with Crippen LogP contribution in [0.1, 0.15) is 17.2 Å². The molecule has 8 heteroatoms. The molecular weight excluding hydrogens is 417 g/mol. The summed E-state index contributed by atoms with van der Waals surface area (Å²) in [5, 5.41) is 20.6. The molecule has 0 bridgehead atoms. The van der Waals surface area contributed by atoms with Crippen LogP contribution in [0.5, 0.6) is 0 Å². The fraction of sp³-hybridized carbons (Fsp3) is 0.238. The Kier molecular flexibility index (Phi) is 6.92. The number of hydrogen-bond acceptors (Lipinski definition) is 5. The molecule has 2 aromatic carbocycles. The number of nitrogens with zero attached hydrogens (tertiary/aromatic N) is 1. The Bertz CT molecular complexity index is 942. The first-order valence-corrected chi connectivity index (χ1v) is 9.68. The average molecular weight is 436 g/mol. The molecule has 1 atom stereocenters. The molecule has 0 saturated carbocycles. The van der Waals surface area contributed by atoms with Crippen LogP contribution in [0.15, 0.2) is 54.1 Å². The zero-order chi connectivity index (χ0) is 21.0. The quantitative estimate of drug-likeness (QED) is 0.301. The number of rotatable bonds is 7. The summed E-state index contributed by atoms with van der Waals surface area (Å²) in [5.74, 6) is -1.86. The molecule has 6 nitrogen and oxygen atoms in total. The molecule has 1 heterocycles. The number of aliphatic hydroxyl groups excluding tert-OH is 2. The number of ether oxygens (including phenoxy) is 1. The first-order chi connectivity index (χ1) is 14.0. The zero-order valence-electron chi connectivity index (χ0n) is 15.3. The number of amides is 1. The normalized spacial score (nSPS) is 18.4. The van der Waals surface area contributed by atoms with E-state index in [0.717, 1.165) is 0 Å². The van der Waals surface area contributed by atoms with Crippen molar-refractivity contribution in [1.29, 1.82) is 0 Å². The van der Waals surface area contributed by atoms with E-state index in [1.54, 1.807) is 48.5 Å². The van der Waals surface area contributed by atoms with Crippen LogP contribution >= 0.6 is 23.2 Å². The lowest BCUT2D eigenvalue weighted by atomic mass is 9.95. The van der Waals surface area contributed by atoms with Gasteiger partial charge >= 0.3 is 0 Å². The maximum absolute atomic E-state index is 12.8. The molecule has 0 spiro atoms. The maximum atomic E-state index is 12.8. The summed E-state index contributed by atoms with van der Waals surface area (Å²) in [6.45, 7) is 0.183. The summed E-state index contributed by atoms with van der Waals surface area (Å²) in [7, 11) is 0. The van der Waals surface area contributed by atoms with E-state index in [0.29, 0.717) is 21.2 Å². The van der Waals surface area contributed by atoms with E-state index >= 15 is 0 Å². The minimum absolute atomic E-state index is 0.0485. The van der Waals surface area contributed by atoms with Gasteiger partial charge in [0.1, 0.15) is 5.76 Å². The van der Waals surface area contributed by atoms with Crippen LogP contribution in [-0.2, 0) is 14.3 Å². The third-order valence-corrected chi connectivity index (χ3v) is 5.17. The average Bonchev–Trinajstić information content (AvgIpc) is 2.96. The molecule has 0 radical (unpaired) electrons. The lowest BCUT2D eigenvalue weighted by molar-refractivity contribution is -0.140. The highest BCUT2D eigenvalue weighted by molar-refractivity contribution is 6.47. The molecule has 29 heavy (non-hydrogen) atoms. The van der Waals surface area contributed by atoms with Crippen LogP contribution in [0.25, 0.3) is 5.76 Å². The molecule has 1 amide bonds. The van der Waals surface area contributed by atoms with Crippen LogP contribution in [0.3, 0.4) is 0 Å². The van der Waals surface area contributed by atoms with Crippen molar-refractivity contribution in [1.82, 2.24) is 4.90 Å². The van der Waals surface area contributed by atoms with Crippen molar-refractivity contribution >= 4 is 40.7 Å². The van der Waals surface area contributed by atoms with Crippen LogP contribution in [0.2, 0.25) is 10.0 Å². The molecule has 2 N–H and O–H groups in total. The highest BCUT2D eigenvalue weighted by Gasteiger charge is 2.46. The van der Waals surface area contributed by atoms with Crippen molar-refractivity contribution in [3.05, 3.63) is 75.3 Å². The van der Waals surface area contributed by atoms with Gasteiger partial charge in [-0.15, -0.1) is 0 Å². The van der Waals surface area contributed by atoms with E-state index in [-0.39, 0.29) is 37.7 Å². The third-order valence-electron chi connectivity index (χ3n) is 4.57. The molecule has 3 rings (SSSR count). The first kappa shape index (κ1) is 21.3. The molecule has 1 saturated heterocycles. The monoisotopic (exact) mass is 435 g/mol. The molecular formula is C21H19Cl2NO5. The second-order valence-electron chi connectivity index (χ2n) is 6.36. The van der Waals surface area contributed by atoms with Crippen molar-refractivity contribution in [3.8, 4) is 0 Å². The van der Waals surface area contributed by atoms with Gasteiger partial charge < -0.3 is 19.8 Å². The van der Waals surface area contributed by atoms with Crippen molar-refractivity contribution < 1.29 is 24.5 Å². The number of Topliss-reactive ketones (excluding diaryl/α,β-unsaturated/α-hetero) is 1. The van der Waals surface area contributed by atoms with Gasteiger partial charge in [0.25, 0.3) is 11.7 Å². The fourth-order valence-electron chi connectivity index (χ4n) is 3.22. The smallest absolute Gasteiger partial charge is 0.295 e. The van der Waals surface area contributed by atoms with E-state index in [9.17, 15) is 14.7 Å². The Morgan fingerprint density at radius 1 is 1.03 bits per heavy atom. The number of hydrogen-bond donors (Lipinski definition) is 2. The number of likely N-dealkylation sites (tertiary alicyclic amines) is 1. The minimum atomic E-state index is -0.864. The summed E-state index contributed by atoms with van der Waals surface area (Å²) in [5.41, 5.74) is 0.833. The number of halogens is 2. The predicted molar refractivity (Wildman–Crippen MR) is 110 cm³/mol. The van der Waals surface area contributed by atoms with Gasteiger partial charge in [0.15, 0.2) is 0 Å². The van der Waals surface area contributed by atoms with Crippen LogP contribution in [0.4, 0.5) is 0 Å². The van der Waals surface area contributed by atoms with Gasteiger partial charge in [-0.2, -0.15) is 0 Å². The van der Waals surface area contributed by atoms with Crippen LogP contribution in [-0.4, -0.2) is 53.2 Å². The van der Waals surface area contributed by atoms with Crippen molar-refractivity contribution in [2.24, 2.45) is 0 Å². The molecule has 2 aromatic rings. The number of carbonyl (C=O) groups excluding carboxylic acids is 2. The Labute approximate surface area is 177 Å². The van der Waals surface area contributed by atoms with Crippen LogP contribution < -0.4 is 0 Å². The summed E-state index contributed by atoms with van der Waals surface area (Å²) >= 11 is 12.3. The standard InChI is InChI=1S/C21H19Cl2NO5/c22-14-7-5-13(6-8-14)19(26)17-18(15-3-1-2-4-16(15)23)24(21(28)20(17)27)9-11-29-12-10-25/h1-8,18,25-26H,9-12H2. The number of ketones is 1. The molecule has 1 fully saturated rings. The maximum Gasteiger partial charge on any atom is 0.295 e. The number of carbonyl (C=O) groups is 2. The molecule has 0 aliphatic carbocycles. The minimum Gasteiger partial charge on any atom is -0.507 e. The molecule has 152 valence electrons. The van der Waals surface area contributed by atoms with Gasteiger partial charge in [-0.3, -0.25) is 9.59 Å². The van der Waals surface area contributed by atoms with Crippen molar-refractivity contribution in [2.45, 2.75) is 6.04 Å². The van der Waals surface area contributed by atoms with E-state index in [1.165, 1.54) is 4.90 Å². The summed E-state index contributed by atoms with van der Waals surface area (Å²) < 4.78 is 5.25. The van der Waals surface area contributed by atoms with Crippen LogP contribution in [0, 0.1) is 0 Å². The Hall–Kier alpha value is -2.38. The lowest BCUT2D eigenvalue weighted by Gasteiger charge is -2.26. The van der Waals surface area contributed by atoms with Gasteiger partial charge in [0, 0.05) is 22.2 Å². The second kappa shape index (κ2) is 9.41. The highest BCUT2D eigenvalue weighted by Crippen LogP contribution is 2.41. The highest BCUT2D eigenvalue weighted by atomic mass is 35.5. The molecule has 1 aliphatic heterocycles. The van der Waals surface area contributed by atoms with E-state index in [2.05, 4.69) is 0 Å². The van der Waals surface area contributed by atoms with Gasteiger partial charge in [-0.1, -0.05) is 41.4 Å². The van der Waals surface area contributed by atoms with E-state index < -0.39 is 17.7 Å². The van der Waals surface area contributed by atoms with Gasteiger partial charge in [0.2, 0.25) is 0 Å². The van der Waals surface area contributed by atoms with E-state index in [1.807, 2.05) is 0 Å². The first-order valence-electron chi connectivity index (χ1n) is 8.93. The topological polar surface area (TPSA) is 87.1 Å². The summed E-state index contributed by atoms with van der Waals surface area (Å²) in [6.07, 6.45) is 0. The molecule has 0 aromatic heterocycles. The Balaban J connectivity index is 2.08. The Morgan fingerprint density at radius 3 is 2.38 bits per heavy atom. The van der Waals surface area contributed by atoms with Crippen molar-refractivity contribution in [2.75, 3.05) is 26.4 Å². The largest absolute Gasteiger partial charge is 0.507 e. The number of aliphatic hydroxyl groups is 2. The molecule has 1 aliphatic rings. The van der Waals surface area contributed by atoms with Gasteiger partial charge in [-0.25, -0.2) is 0 Å². The summed E-state index contributed by atoms with van der Waals surface area (Å²) in [4.78, 5) is 26.9. The summed E-state index contributed by atoms with van der Waals surface area (Å²) in [6, 6.07) is 12.3. The second-order valence-corrected chi connectivity index (χ2v) is 7.20. The predicted octanol–water partition coefficient (Wildman–Crippen LogP) is 3.42. The SMILES string of the molecule is O=C1C(=O)N(CCOCCO)C(c2ccccc2Cl)C1=C(O)c1ccc(Cl)cc1. The van der Waals surface area contributed by atoms with Gasteiger partial charge in [0.05, 0.1) is 31.4 Å². The molecule has 1 unspecified atom stereocenters. The fourth-order valence-corrected chi connectivity index (χ4v) is 3.59. The van der Waals surface area contributed by atoms with Crippen molar-refractivity contribution in [3.63, 3.8) is 0 Å². The lowest BCUT2D eigenvalue weighted by Crippen LogP contribution is -2.33. The number of benzene rings is 2.